The maximum absolute atomic E-state index is 5.57. The molecule has 268 valence electrons. The number of pyridine rings is 2. The first-order valence-electron chi connectivity index (χ1n) is 19.0. The summed E-state index contributed by atoms with van der Waals surface area (Å²) in [5.74, 6) is 3.51. The van der Waals surface area contributed by atoms with Crippen LogP contribution in [0.15, 0.2) is 158 Å². The molecule has 56 heavy (non-hydrogen) atoms. The number of hydrogen-bond donors (Lipinski definition) is 0. The number of nitrogens with zero attached hydrogens (tertiary/aromatic N) is 4. The molecule has 0 amide bonds. The Labute approximate surface area is 323 Å². The third-order valence-corrected chi connectivity index (χ3v) is 11.5. The summed E-state index contributed by atoms with van der Waals surface area (Å²) in [6.07, 6.45) is 5.61. The summed E-state index contributed by atoms with van der Waals surface area (Å²) in [4.78, 5) is 9.76. The molecule has 4 aromatic heterocycles. The molecule has 0 fully saturated rings. The second-order valence-electron chi connectivity index (χ2n) is 14.5. The Hall–Kier alpha value is -7.18. The van der Waals surface area contributed by atoms with E-state index in [0.29, 0.717) is 0 Å². The minimum atomic E-state index is 0.847. The van der Waals surface area contributed by atoms with Crippen LogP contribution in [-0.2, 0) is 12.8 Å². The highest BCUT2D eigenvalue weighted by Crippen LogP contribution is 2.46. The highest BCUT2D eigenvalue weighted by molar-refractivity contribution is 6.15. The van der Waals surface area contributed by atoms with Crippen LogP contribution in [0.4, 0.5) is 0 Å². The van der Waals surface area contributed by atoms with Crippen LogP contribution in [0, 0.1) is 0 Å². The number of aryl methyl sites for hydroxylation is 2. The third-order valence-electron chi connectivity index (χ3n) is 11.5. The topological polar surface area (TPSA) is 54.1 Å². The maximum Gasteiger partial charge on any atom is 0.137 e. The fraction of sp³-hybridized carbons (Fsp3) is 0.0800. The van der Waals surface area contributed by atoms with Gasteiger partial charge in [-0.3, -0.25) is 9.13 Å². The van der Waals surface area contributed by atoms with E-state index in [9.17, 15) is 0 Å². The van der Waals surface area contributed by atoms with E-state index in [-0.39, 0.29) is 0 Å². The summed E-state index contributed by atoms with van der Waals surface area (Å²) >= 11 is 0. The smallest absolute Gasteiger partial charge is 0.137 e. The van der Waals surface area contributed by atoms with Gasteiger partial charge in [0.05, 0.1) is 36.3 Å². The molecule has 1 aliphatic rings. The van der Waals surface area contributed by atoms with Crippen LogP contribution >= 0.6 is 0 Å². The number of ether oxygens (including phenoxy) is 2. The summed E-state index contributed by atoms with van der Waals surface area (Å²) in [6, 6.07) is 51.9. The molecular formula is C50H36N4O2. The molecule has 0 atom stereocenters. The van der Waals surface area contributed by atoms with Gasteiger partial charge in [-0.15, -0.1) is 0 Å². The number of hydrogen-bond acceptors (Lipinski definition) is 4. The lowest BCUT2D eigenvalue weighted by Crippen LogP contribution is -2.07. The summed E-state index contributed by atoms with van der Waals surface area (Å²) in [6.45, 7) is 0. The van der Waals surface area contributed by atoms with Crippen LogP contribution in [-0.4, -0.2) is 33.3 Å². The molecule has 0 spiro atoms. The normalized spacial score (nSPS) is 12.3. The molecule has 0 radical (unpaired) electrons. The van der Waals surface area contributed by atoms with Gasteiger partial charge in [0.2, 0.25) is 0 Å². The molecule has 1 aliphatic carbocycles. The second-order valence-corrected chi connectivity index (χ2v) is 14.5. The molecule has 10 aromatic rings. The van der Waals surface area contributed by atoms with Gasteiger partial charge in [-0.2, -0.15) is 0 Å². The third kappa shape index (κ3) is 4.96. The van der Waals surface area contributed by atoms with Crippen LogP contribution in [0.3, 0.4) is 0 Å². The van der Waals surface area contributed by atoms with Crippen LogP contribution in [0.25, 0.3) is 88.6 Å². The van der Waals surface area contributed by atoms with E-state index in [1.54, 1.807) is 14.2 Å². The molecule has 11 rings (SSSR count). The zero-order chi connectivity index (χ0) is 37.3. The highest BCUT2D eigenvalue weighted by Gasteiger charge is 2.26. The largest absolute Gasteiger partial charge is 0.497 e. The van der Waals surface area contributed by atoms with Crippen molar-refractivity contribution < 1.29 is 9.47 Å². The first-order chi connectivity index (χ1) is 27.7. The molecule has 0 saturated heterocycles. The predicted molar refractivity (Wildman–Crippen MR) is 228 cm³/mol. The zero-order valence-electron chi connectivity index (χ0n) is 31.0. The van der Waals surface area contributed by atoms with E-state index < -0.39 is 0 Å². The quantitative estimate of drug-likeness (QED) is 0.171. The van der Waals surface area contributed by atoms with Gasteiger partial charge < -0.3 is 9.47 Å². The Morgan fingerprint density at radius 1 is 0.446 bits per heavy atom. The van der Waals surface area contributed by atoms with Gasteiger partial charge in [-0.05, 0) is 142 Å². The van der Waals surface area contributed by atoms with Gasteiger partial charge in [0.1, 0.15) is 23.1 Å². The van der Waals surface area contributed by atoms with Crippen molar-refractivity contribution in [3.8, 4) is 56.5 Å². The number of rotatable bonds is 6. The molecule has 0 N–H and O–H groups in total. The second kappa shape index (κ2) is 12.7. The van der Waals surface area contributed by atoms with Crippen molar-refractivity contribution >= 4 is 43.6 Å². The van der Waals surface area contributed by atoms with Gasteiger partial charge in [0, 0.05) is 33.9 Å². The average molecular weight is 725 g/mol. The Morgan fingerprint density at radius 2 is 1.04 bits per heavy atom. The molecule has 6 nitrogen and oxygen atoms in total. The lowest BCUT2D eigenvalue weighted by Gasteiger charge is -2.22. The van der Waals surface area contributed by atoms with E-state index in [1.807, 2.05) is 48.8 Å². The van der Waals surface area contributed by atoms with E-state index in [2.05, 4.69) is 118 Å². The Kier molecular flexibility index (Phi) is 7.32. The summed E-state index contributed by atoms with van der Waals surface area (Å²) < 4.78 is 15.8. The number of methoxy groups -OCH3 is 2. The maximum atomic E-state index is 5.57. The number of aromatic nitrogens is 4. The Morgan fingerprint density at radius 3 is 1.66 bits per heavy atom. The molecule has 6 aromatic carbocycles. The van der Waals surface area contributed by atoms with Gasteiger partial charge in [0.15, 0.2) is 0 Å². The van der Waals surface area contributed by atoms with Crippen LogP contribution in [0.1, 0.15) is 11.1 Å². The summed E-state index contributed by atoms with van der Waals surface area (Å²) in [5, 5.41) is 4.87. The van der Waals surface area contributed by atoms with Crippen LogP contribution in [0.5, 0.6) is 11.5 Å². The van der Waals surface area contributed by atoms with Gasteiger partial charge in [-0.1, -0.05) is 60.7 Å². The van der Waals surface area contributed by atoms with E-state index in [1.165, 1.54) is 49.3 Å². The first-order valence-corrected chi connectivity index (χ1v) is 19.0. The minimum Gasteiger partial charge on any atom is -0.497 e. The van der Waals surface area contributed by atoms with Crippen molar-refractivity contribution in [1.82, 2.24) is 19.1 Å². The summed E-state index contributed by atoms with van der Waals surface area (Å²) in [7, 11) is 3.43. The molecule has 0 bridgehead atoms. The lowest BCUT2D eigenvalue weighted by atomic mass is 9.83. The highest BCUT2D eigenvalue weighted by atomic mass is 16.5. The van der Waals surface area contributed by atoms with Gasteiger partial charge in [0.25, 0.3) is 0 Å². The van der Waals surface area contributed by atoms with Crippen LogP contribution < -0.4 is 9.47 Å². The van der Waals surface area contributed by atoms with E-state index in [0.717, 1.165) is 74.8 Å². The van der Waals surface area contributed by atoms with Crippen molar-refractivity contribution in [1.29, 1.82) is 0 Å². The van der Waals surface area contributed by atoms with Crippen molar-refractivity contribution in [3.63, 3.8) is 0 Å². The standard InChI is InChI=1S/C50H36N4O2/c1-55-36-11-7-9-31(25-36)33-17-22-46-42(27-33)40-20-19-38-39(50(40)54(46)49-14-4-6-24-52-49)18-15-35-29-44-43-28-34(32-10-8-12-37(26-32)56-2)16-21-45(43)53(47(44)30-41(35)38)48-13-3-5-23-51-48/h3-14,16-17,19-30H,15,18H2,1-2H3. The van der Waals surface area contributed by atoms with Crippen molar-refractivity contribution in [2.24, 2.45) is 0 Å². The van der Waals surface area contributed by atoms with Crippen LogP contribution in [0.2, 0.25) is 0 Å². The minimum absolute atomic E-state index is 0.847. The Bertz CT molecular complexity index is 3100. The molecule has 0 aliphatic heterocycles. The predicted octanol–water partition coefficient (Wildman–Crippen LogP) is 11.8. The fourth-order valence-electron chi connectivity index (χ4n) is 8.93. The monoisotopic (exact) mass is 724 g/mol. The van der Waals surface area contributed by atoms with E-state index >= 15 is 0 Å². The van der Waals surface area contributed by atoms with Crippen molar-refractivity contribution in [2.45, 2.75) is 12.8 Å². The Balaban J connectivity index is 1.16. The molecule has 4 heterocycles. The van der Waals surface area contributed by atoms with Crippen molar-refractivity contribution in [3.05, 3.63) is 169 Å². The fourth-order valence-corrected chi connectivity index (χ4v) is 8.93. The first kappa shape index (κ1) is 32.3. The van der Waals surface area contributed by atoms with E-state index in [4.69, 9.17) is 19.4 Å². The molecule has 0 unspecified atom stereocenters. The summed E-state index contributed by atoms with van der Waals surface area (Å²) in [5.41, 5.74) is 14.4. The average Bonchev–Trinajstić information content (AvgIpc) is 3.78. The lowest BCUT2D eigenvalue weighted by molar-refractivity contribution is 0.415. The SMILES string of the molecule is COc1cccc(-c2ccc3c(c2)c2cc4c(cc2n3-c2ccccn2)-c2ccc3c5cc(-c6cccc(OC)c6)ccc5n(-c5ccccn5)c3c2CC4)c1. The molecule has 0 saturated carbocycles. The zero-order valence-corrected chi connectivity index (χ0v) is 31.0. The van der Waals surface area contributed by atoms with Gasteiger partial charge in [-0.25, -0.2) is 9.97 Å². The molecule has 6 heteroatoms. The molecular weight excluding hydrogens is 689 g/mol. The number of benzene rings is 6. The number of fused-ring (bicyclic) bond motifs is 10. The van der Waals surface area contributed by atoms with Gasteiger partial charge >= 0.3 is 0 Å². The van der Waals surface area contributed by atoms with Crippen molar-refractivity contribution in [2.75, 3.05) is 14.2 Å².